The number of nitrogens with one attached hydrogen (secondary N) is 1. The molecule has 0 amide bonds. The van der Waals surface area contributed by atoms with Gasteiger partial charge in [0.1, 0.15) is 0 Å². The molecule has 1 aromatic heterocycles. The highest BCUT2D eigenvalue weighted by Crippen LogP contribution is 2.36. The average molecular weight is 467 g/mol. The van der Waals surface area contributed by atoms with Crippen molar-refractivity contribution in [1.82, 2.24) is 14.9 Å². The van der Waals surface area contributed by atoms with Crippen LogP contribution in [0.1, 0.15) is 62.0 Å². The number of ether oxygens (including phenoxy) is 1. The third kappa shape index (κ3) is 6.42. The predicted molar refractivity (Wildman–Crippen MR) is 117 cm³/mol. The van der Waals surface area contributed by atoms with Crippen LogP contribution in [0.25, 0.3) is 0 Å². The number of rotatable bonds is 9. The molecule has 0 radical (unpaired) electrons. The van der Waals surface area contributed by atoms with E-state index in [1.54, 1.807) is 0 Å². The van der Waals surface area contributed by atoms with Gasteiger partial charge in [0, 0.05) is 24.8 Å². The van der Waals surface area contributed by atoms with Gasteiger partial charge in [-0.25, -0.2) is 9.97 Å². The van der Waals surface area contributed by atoms with E-state index in [0.717, 1.165) is 43.0 Å². The van der Waals surface area contributed by atoms with E-state index in [4.69, 9.17) is 4.74 Å². The number of hydrogen-bond donors (Lipinski definition) is 2. The van der Waals surface area contributed by atoms with Gasteiger partial charge in [-0.3, -0.25) is 9.69 Å². The topological polar surface area (TPSA) is 87.6 Å². The van der Waals surface area contributed by atoms with Gasteiger partial charge in [-0.15, -0.1) is 0 Å². The normalized spacial score (nSPS) is 16.9. The maximum Gasteiger partial charge on any atom is 0.451 e. The first kappa shape index (κ1) is 24.9. The summed E-state index contributed by atoms with van der Waals surface area (Å²) in [7, 11) is 0. The molecule has 1 aliphatic rings. The SMILES string of the molecule is CCC(CC(=O)O)c1ccc(C(CC)N2CCOCC2)c(Nc2cnc(C(F)(F)F)nc2)c1. The molecule has 10 heteroatoms. The van der Waals surface area contributed by atoms with Crippen molar-refractivity contribution in [2.24, 2.45) is 0 Å². The molecule has 7 nitrogen and oxygen atoms in total. The summed E-state index contributed by atoms with van der Waals surface area (Å²) in [5.74, 6) is -2.25. The summed E-state index contributed by atoms with van der Waals surface area (Å²) >= 11 is 0. The van der Waals surface area contributed by atoms with Gasteiger partial charge >= 0.3 is 12.1 Å². The summed E-state index contributed by atoms with van der Waals surface area (Å²) in [5, 5.41) is 12.5. The first-order chi connectivity index (χ1) is 15.7. The van der Waals surface area contributed by atoms with Gasteiger partial charge in [-0.05, 0) is 36.0 Å². The van der Waals surface area contributed by atoms with Crippen LogP contribution in [-0.2, 0) is 15.7 Å². The van der Waals surface area contributed by atoms with Crippen molar-refractivity contribution in [2.45, 2.75) is 51.2 Å². The number of halogens is 3. The fourth-order valence-corrected chi connectivity index (χ4v) is 4.19. The average Bonchev–Trinajstić information content (AvgIpc) is 2.79. The molecule has 33 heavy (non-hydrogen) atoms. The van der Waals surface area contributed by atoms with Crippen LogP contribution >= 0.6 is 0 Å². The molecule has 1 aromatic carbocycles. The van der Waals surface area contributed by atoms with Crippen LogP contribution < -0.4 is 5.32 Å². The minimum atomic E-state index is -4.61. The predicted octanol–water partition coefficient (Wildman–Crippen LogP) is 4.99. The lowest BCUT2D eigenvalue weighted by Gasteiger charge is -2.35. The maximum atomic E-state index is 12.8. The van der Waals surface area contributed by atoms with Gasteiger partial charge in [0.25, 0.3) is 0 Å². The molecule has 0 bridgehead atoms. The van der Waals surface area contributed by atoms with Gasteiger partial charge in [0.15, 0.2) is 0 Å². The fourth-order valence-electron chi connectivity index (χ4n) is 4.19. The molecule has 2 aromatic rings. The summed E-state index contributed by atoms with van der Waals surface area (Å²) in [6, 6.07) is 5.90. The second-order valence-corrected chi connectivity index (χ2v) is 8.04. The second-order valence-electron chi connectivity index (χ2n) is 8.04. The fraction of sp³-hybridized carbons (Fsp3) is 0.522. The van der Waals surface area contributed by atoms with Crippen molar-refractivity contribution < 1.29 is 27.8 Å². The quantitative estimate of drug-likeness (QED) is 0.538. The Hall–Kier alpha value is -2.72. The van der Waals surface area contributed by atoms with Crippen molar-refractivity contribution in [3.63, 3.8) is 0 Å². The molecule has 2 N–H and O–H groups in total. The van der Waals surface area contributed by atoms with Gasteiger partial charge in [-0.2, -0.15) is 13.2 Å². The molecule has 180 valence electrons. The van der Waals surface area contributed by atoms with E-state index in [-0.39, 0.29) is 18.4 Å². The molecule has 2 heterocycles. The monoisotopic (exact) mass is 466 g/mol. The van der Waals surface area contributed by atoms with E-state index in [2.05, 4.69) is 27.1 Å². The van der Waals surface area contributed by atoms with Gasteiger partial charge in [0.2, 0.25) is 5.82 Å². The lowest BCUT2D eigenvalue weighted by atomic mass is 9.90. The van der Waals surface area contributed by atoms with Crippen LogP contribution in [0.3, 0.4) is 0 Å². The van der Waals surface area contributed by atoms with Crippen molar-refractivity contribution in [2.75, 3.05) is 31.6 Å². The lowest BCUT2D eigenvalue weighted by Crippen LogP contribution is -2.39. The number of carboxylic acids is 1. The zero-order valence-electron chi connectivity index (χ0n) is 18.7. The highest BCUT2D eigenvalue weighted by atomic mass is 19.4. The Morgan fingerprint density at radius 1 is 1.18 bits per heavy atom. The minimum absolute atomic E-state index is 0.000647. The smallest absolute Gasteiger partial charge is 0.451 e. The Kier molecular flexibility index (Phi) is 8.25. The van der Waals surface area contributed by atoms with Crippen LogP contribution in [0.4, 0.5) is 24.5 Å². The number of nitrogens with zero attached hydrogens (tertiary/aromatic N) is 3. The molecule has 3 rings (SSSR count). The van der Waals surface area contributed by atoms with Crippen molar-refractivity contribution in [3.05, 3.63) is 47.5 Å². The van der Waals surface area contributed by atoms with E-state index in [0.29, 0.717) is 31.0 Å². The Bertz CT molecular complexity index is 932. The van der Waals surface area contributed by atoms with Crippen LogP contribution in [0.15, 0.2) is 30.6 Å². The maximum absolute atomic E-state index is 12.8. The summed E-state index contributed by atoms with van der Waals surface area (Å²) in [4.78, 5) is 20.5. The van der Waals surface area contributed by atoms with Crippen LogP contribution in [0, 0.1) is 0 Å². The number of aromatic nitrogens is 2. The van der Waals surface area contributed by atoms with Gasteiger partial charge in [0.05, 0.1) is 37.7 Å². The van der Waals surface area contributed by atoms with Crippen molar-refractivity contribution in [3.8, 4) is 0 Å². The van der Waals surface area contributed by atoms with Crippen molar-refractivity contribution in [1.29, 1.82) is 0 Å². The molecule has 2 atom stereocenters. The van der Waals surface area contributed by atoms with E-state index in [9.17, 15) is 23.1 Å². The number of carboxylic acid groups (broad SMARTS) is 1. The van der Waals surface area contributed by atoms with E-state index >= 15 is 0 Å². The Morgan fingerprint density at radius 3 is 2.39 bits per heavy atom. The number of benzene rings is 1. The molecular weight excluding hydrogens is 437 g/mol. The molecule has 0 saturated carbocycles. The molecule has 0 aliphatic carbocycles. The van der Waals surface area contributed by atoms with E-state index in [1.807, 2.05) is 25.1 Å². The number of aliphatic carboxylic acids is 1. The highest BCUT2D eigenvalue weighted by Gasteiger charge is 2.34. The molecule has 1 aliphatic heterocycles. The number of alkyl halides is 3. The zero-order chi connectivity index (χ0) is 24.0. The molecule has 0 spiro atoms. The Morgan fingerprint density at radius 2 is 1.85 bits per heavy atom. The molecular formula is C23H29F3N4O3. The van der Waals surface area contributed by atoms with E-state index in [1.165, 1.54) is 0 Å². The van der Waals surface area contributed by atoms with E-state index < -0.39 is 18.0 Å². The number of anilines is 2. The van der Waals surface area contributed by atoms with Crippen LogP contribution in [0.5, 0.6) is 0 Å². The minimum Gasteiger partial charge on any atom is -0.481 e. The zero-order valence-corrected chi connectivity index (χ0v) is 18.7. The number of carbonyl (C=O) groups is 1. The molecule has 1 fully saturated rings. The Labute approximate surface area is 191 Å². The third-order valence-corrected chi connectivity index (χ3v) is 5.88. The standard InChI is InChI=1S/C23H29F3N4O3/c1-3-15(12-21(31)32)16-5-6-18(20(4-2)30-7-9-33-10-8-30)19(11-16)29-17-13-27-22(28-14-17)23(24,25)26/h5-6,11,13-15,20,29H,3-4,7-10,12H2,1-2H3,(H,31,32). The first-order valence-electron chi connectivity index (χ1n) is 11.1. The van der Waals surface area contributed by atoms with Crippen molar-refractivity contribution >= 4 is 17.3 Å². The van der Waals surface area contributed by atoms with Crippen LogP contribution in [-0.4, -0.2) is 52.2 Å². The summed E-state index contributed by atoms with van der Waals surface area (Å²) in [6.45, 7) is 6.85. The first-order valence-corrected chi connectivity index (χ1v) is 11.1. The third-order valence-electron chi connectivity index (χ3n) is 5.88. The lowest BCUT2D eigenvalue weighted by molar-refractivity contribution is -0.145. The van der Waals surface area contributed by atoms with Gasteiger partial charge in [-0.1, -0.05) is 26.0 Å². The molecule has 2 unspecified atom stereocenters. The molecule has 1 saturated heterocycles. The summed E-state index contributed by atoms with van der Waals surface area (Å²) in [5.41, 5.74) is 2.87. The number of morpholine rings is 1. The van der Waals surface area contributed by atoms with Crippen LogP contribution in [0.2, 0.25) is 0 Å². The second kappa shape index (κ2) is 10.9. The Balaban J connectivity index is 1.98. The number of hydrogen-bond acceptors (Lipinski definition) is 6. The van der Waals surface area contributed by atoms with Gasteiger partial charge < -0.3 is 15.2 Å². The summed E-state index contributed by atoms with van der Waals surface area (Å²) in [6.07, 6.45) is -0.927. The highest BCUT2D eigenvalue weighted by molar-refractivity contribution is 5.69. The summed E-state index contributed by atoms with van der Waals surface area (Å²) < 4.78 is 44.0. The largest absolute Gasteiger partial charge is 0.481 e.